The van der Waals surface area contributed by atoms with Crippen LogP contribution >= 0.6 is 11.3 Å². The maximum Gasteiger partial charge on any atom is 0.186 e. The van der Waals surface area contributed by atoms with Crippen LogP contribution in [0.3, 0.4) is 0 Å². The van der Waals surface area contributed by atoms with Crippen LogP contribution in [0.4, 0.5) is 5.13 Å². The fourth-order valence-electron chi connectivity index (χ4n) is 2.67. The SMILES string of the molecule is CCNCc1sc(N2CC(C)CCC2C)nc1COC. The van der Waals surface area contributed by atoms with Gasteiger partial charge in [-0.2, -0.15) is 0 Å². The summed E-state index contributed by atoms with van der Waals surface area (Å²) in [5.41, 5.74) is 1.10. The Morgan fingerprint density at radius 1 is 1.40 bits per heavy atom. The molecule has 1 aliphatic heterocycles. The van der Waals surface area contributed by atoms with Crippen LogP contribution < -0.4 is 10.2 Å². The van der Waals surface area contributed by atoms with E-state index in [0.717, 1.165) is 31.2 Å². The summed E-state index contributed by atoms with van der Waals surface area (Å²) in [5.74, 6) is 0.762. The van der Waals surface area contributed by atoms with E-state index in [9.17, 15) is 0 Å². The van der Waals surface area contributed by atoms with Crippen molar-refractivity contribution in [2.24, 2.45) is 5.92 Å². The third-order valence-electron chi connectivity index (χ3n) is 3.95. The molecule has 1 saturated heterocycles. The second-order valence-corrected chi connectivity index (χ2v) is 6.83. The lowest BCUT2D eigenvalue weighted by Gasteiger charge is -2.36. The fraction of sp³-hybridized carbons (Fsp3) is 0.800. The zero-order valence-corrected chi connectivity index (χ0v) is 13.9. The van der Waals surface area contributed by atoms with Crippen molar-refractivity contribution in [3.63, 3.8) is 0 Å². The topological polar surface area (TPSA) is 37.4 Å². The van der Waals surface area contributed by atoms with Crippen LogP contribution in [0.25, 0.3) is 0 Å². The van der Waals surface area contributed by atoms with Gasteiger partial charge in [-0.15, -0.1) is 11.3 Å². The van der Waals surface area contributed by atoms with E-state index in [1.165, 1.54) is 22.9 Å². The molecular formula is C15H27N3OS. The van der Waals surface area contributed by atoms with Gasteiger partial charge in [0.1, 0.15) is 0 Å². The first kappa shape index (κ1) is 15.7. The zero-order chi connectivity index (χ0) is 14.5. The van der Waals surface area contributed by atoms with Crippen molar-refractivity contribution in [3.8, 4) is 0 Å². The minimum Gasteiger partial charge on any atom is -0.378 e. The third kappa shape index (κ3) is 3.71. The Bertz CT molecular complexity index is 421. The summed E-state index contributed by atoms with van der Waals surface area (Å²) in [6.07, 6.45) is 2.60. The highest BCUT2D eigenvalue weighted by Crippen LogP contribution is 2.32. The average molecular weight is 297 g/mol. The molecule has 2 rings (SSSR count). The number of nitrogens with zero attached hydrogens (tertiary/aromatic N) is 2. The van der Waals surface area contributed by atoms with Gasteiger partial charge in [0.15, 0.2) is 5.13 Å². The molecule has 5 heteroatoms. The molecule has 1 N–H and O–H groups in total. The normalized spacial score (nSPS) is 23.3. The standard InChI is InChI=1S/C15H27N3OS/c1-5-16-8-14-13(10-19-4)17-15(20-14)18-9-11(2)6-7-12(18)3/h11-12,16H,5-10H2,1-4H3. The Morgan fingerprint density at radius 3 is 2.90 bits per heavy atom. The van der Waals surface area contributed by atoms with Gasteiger partial charge in [-0.05, 0) is 32.2 Å². The molecule has 1 aromatic heterocycles. The first-order valence-corrected chi connectivity index (χ1v) is 8.42. The van der Waals surface area contributed by atoms with Gasteiger partial charge in [0.2, 0.25) is 0 Å². The molecule has 114 valence electrons. The van der Waals surface area contributed by atoms with Gasteiger partial charge in [0.25, 0.3) is 0 Å². The summed E-state index contributed by atoms with van der Waals surface area (Å²) >= 11 is 1.82. The van der Waals surface area contributed by atoms with Crippen LogP contribution in [0, 0.1) is 5.92 Å². The van der Waals surface area contributed by atoms with Crippen molar-refractivity contribution >= 4 is 16.5 Å². The van der Waals surface area contributed by atoms with Crippen LogP contribution in [-0.2, 0) is 17.9 Å². The largest absolute Gasteiger partial charge is 0.378 e. The summed E-state index contributed by atoms with van der Waals surface area (Å²) in [6.45, 7) is 10.4. The molecule has 0 aliphatic carbocycles. The molecule has 0 radical (unpaired) electrons. The van der Waals surface area contributed by atoms with Crippen molar-refractivity contribution in [2.75, 3.05) is 25.1 Å². The number of aromatic nitrogens is 1. The lowest BCUT2D eigenvalue weighted by atomic mass is 9.96. The van der Waals surface area contributed by atoms with Crippen molar-refractivity contribution in [3.05, 3.63) is 10.6 Å². The molecule has 2 unspecified atom stereocenters. The van der Waals surface area contributed by atoms with E-state index < -0.39 is 0 Å². The smallest absolute Gasteiger partial charge is 0.186 e. The minimum absolute atomic E-state index is 0.597. The molecule has 1 fully saturated rings. The second-order valence-electron chi connectivity index (χ2n) is 5.76. The maximum absolute atomic E-state index is 5.30. The molecule has 2 atom stereocenters. The van der Waals surface area contributed by atoms with Gasteiger partial charge in [0, 0.05) is 31.1 Å². The highest BCUT2D eigenvalue weighted by molar-refractivity contribution is 7.15. The Hall–Kier alpha value is -0.650. The average Bonchev–Trinajstić information content (AvgIpc) is 2.82. The highest BCUT2D eigenvalue weighted by Gasteiger charge is 2.26. The molecule has 20 heavy (non-hydrogen) atoms. The molecule has 0 spiro atoms. The minimum atomic E-state index is 0.597. The Balaban J connectivity index is 2.17. The van der Waals surface area contributed by atoms with E-state index in [2.05, 4.69) is 31.0 Å². The number of rotatable bonds is 6. The summed E-state index contributed by atoms with van der Waals surface area (Å²) in [7, 11) is 1.74. The second kappa shape index (κ2) is 7.38. The summed E-state index contributed by atoms with van der Waals surface area (Å²) in [4.78, 5) is 8.63. The van der Waals surface area contributed by atoms with Gasteiger partial charge >= 0.3 is 0 Å². The van der Waals surface area contributed by atoms with Crippen molar-refractivity contribution < 1.29 is 4.74 Å². The summed E-state index contributed by atoms with van der Waals surface area (Å²) in [5, 5.41) is 4.57. The zero-order valence-electron chi connectivity index (χ0n) is 13.1. The van der Waals surface area contributed by atoms with Crippen LogP contribution in [-0.4, -0.2) is 31.2 Å². The number of hydrogen-bond acceptors (Lipinski definition) is 5. The lowest BCUT2D eigenvalue weighted by Crippen LogP contribution is -2.41. The molecule has 1 aromatic rings. The number of anilines is 1. The summed E-state index contributed by atoms with van der Waals surface area (Å²) < 4.78 is 5.30. The van der Waals surface area contributed by atoms with Crippen LogP contribution in [0.1, 0.15) is 44.2 Å². The van der Waals surface area contributed by atoms with E-state index in [4.69, 9.17) is 9.72 Å². The van der Waals surface area contributed by atoms with E-state index >= 15 is 0 Å². The van der Waals surface area contributed by atoms with Gasteiger partial charge in [-0.3, -0.25) is 0 Å². The predicted octanol–water partition coefficient (Wildman–Crippen LogP) is 3.02. The number of methoxy groups -OCH3 is 1. The van der Waals surface area contributed by atoms with Crippen LogP contribution in [0.2, 0.25) is 0 Å². The number of thiazole rings is 1. The molecule has 0 amide bonds. The number of piperidine rings is 1. The van der Waals surface area contributed by atoms with Gasteiger partial charge in [0.05, 0.1) is 12.3 Å². The first-order chi connectivity index (χ1) is 9.65. The van der Waals surface area contributed by atoms with Gasteiger partial charge in [-0.1, -0.05) is 13.8 Å². The third-order valence-corrected chi connectivity index (χ3v) is 5.08. The van der Waals surface area contributed by atoms with E-state index in [1.54, 1.807) is 7.11 Å². The molecule has 0 aromatic carbocycles. The molecule has 2 heterocycles. The Morgan fingerprint density at radius 2 is 2.20 bits per heavy atom. The van der Waals surface area contributed by atoms with E-state index in [0.29, 0.717) is 12.6 Å². The van der Waals surface area contributed by atoms with Gasteiger partial charge in [-0.25, -0.2) is 4.98 Å². The van der Waals surface area contributed by atoms with Crippen molar-refractivity contribution in [2.45, 2.75) is 52.8 Å². The van der Waals surface area contributed by atoms with E-state index in [1.807, 2.05) is 11.3 Å². The lowest BCUT2D eigenvalue weighted by molar-refractivity contribution is 0.181. The first-order valence-electron chi connectivity index (χ1n) is 7.60. The monoisotopic (exact) mass is 297 g/mol. The van der Waals surface area contributed by atoms with Crippen molar-refractivity contribution in [1.82, 2.24) is 10.3 Å². The Kier molecular flexibility index (Phi) is 5.81. The molecule has 1 aliphatic rings. The maximum atomic E-state index is 5.30. The molecule has 4 nitrogen and oxygen atoms in total. The van der Waals surface area contributed by atoms with E-state index in [-0.39, 0.29) is 0 Å². The van der Waals surface area contributed by atoms with Crippen LogP contribution in [0.15, 0.2) is 0 Å². The highest BCUT2D eigenvalue weighted by atomic mass is 32.1. The number of hydrogen-bond donors (Lipinski definition) is 1. The quantitative estimate of drug-likeness (QED) is 0.876. The van der Waals surface area contributed by atoms with Crippen LogP contribution in [0.5, 0.6) is 0 Å². The van der Waals surface area contributed by atoms with Crippen molar-refractivity contribution in [1.29, 1.82) is 0 Å². The predicted molar refractivity (Wildman–Crippen MR) is 85.4 cm³/mol. The molecule has 0 saturated carbocycles. The molecular weight excluding hydrogens is 270 g/mol. The fourth-order valence-corrected chi connectivity index (χ4v) is 3.82. The van der Waals surface area contributed by atoms with Gasteiger partial charge < -0.3 is 15.0 Å². The Labute approximate surface area is 126 Å². The number of nitrogens with one attached hydrogen (secondary N) is 1. The molecule has 0 bridgehead atoms. The number of ether oxygens (including phenoxy) is 1. The summed E-state index contributed by atoms with van der Waals surface area (Å²) in [6, 6.07) is 0.597.